The highest BCUT2D eigenvalue weighted by atomic mass is 16.5. The molecule has 0 spiro atoms. The lowest BCUT2D eigenvalue weighted by Crippen LogP contribution is -2.03. The Bertz CT molecular complexity index is 1080. The lowest BCUT2D eigenvalue weighted by molar-refractivity contribution is 0.0932. The smallest absolute Gasteiger partial charge is 0.144 e. The molecule has 4 aromatic rings. The number of ether oxygens (including phenoxy) is 1. The topological polar surface area (TPSA) is 27.1 Å². The molecule has 3 heteroatoms. The first kappa shape index (κ1) is 15.4. The maximum absolute atomic E-state index is 5.65. The molecule has 2 aromatic carbocycles. The molecule has 0 aliphatic rings. The number of pyridine rings is 1. The van der Waals surface area contributed by atoms with Crippen LogP contribution in [0.1, 0.15) is 18.2 Å². The average molecular weight is 326 g/mol. The monoisotopic (exact) mass is 326 g/mol. The van der Waals surface area contributed by atoms with Gasteiger partial charge in [-0.25, -0.2) is 4.98 Å². The van der Waals surface area contributed by atoms with Gasteiger partial charge < -0.3 is 9.30 Å². The summed E-state index contributed by atoms with van der Waals surface area (Å²) in [6.07, 6.45) is 0. The van der Waals surface area contributed by atoms with Crippen LogP contribution >= 0.6 is 0 Å². The van der Waals surface area contributed by atoms with Crippen molar-refractivity contribution in [3.63, 3.8) is 0 Å². The molecule has 0 atom stereocenters. The van der Waals surface area contributed by atoms with Crippen molar-refractivity contribution in [1.29, 1.82) is 0 Å². The van der Waals surface area contributed by atoms with Gasteiger partial charge in [0.05, 0.1) is 5.52 Å². The molecule has 3 nitrogen and oxygen atoms in total. The fourth-order valence-electron chi connectivity index (χ4n) is 2.96. The fourth-order valence-corrected chi connectivity index (χ4v) is 2.96. The van der Waals surface area contributed by atoms with E-state index in [1.807, 2.05) is 49.4 Å². The summed E-state index contributed by atoms with van der Waals surface area (Å²) in [5.41, 5.74) is 3.79. The van der Waals surface area contributed by atoms with Gasteiger partial charge >= 0.3 is 0 Å². The van der Waals surface area contributed by atoms with Crippen LogP contribution in [0.2, 0.25) is 0 Å². The minimum atomic E-state index is 0.489. The van der Waals surface area contributed by atoms with Crippen molar-refractivity contribution in [1.82, 2.24) is 9.55 Å². The van der Waals surface area contributed by atoms with Gasteiger partial charge in [-0.1, -0.05) is 42.3 Å². The van der Waals surface area contributed by atoms with Crippen LogP contribution in [0.4, 0.5) is 0 Å². The molecule has 0 aliphatic heterocycles. The van der Waals surface area contributed by atoms with Gasteiger partial charge in [-0.3, -0.25) is 0 Å². The normalized spacial score (nSPS) is 10.8. The lowest BCUT2D eigenvalue weighted by atomic mass is 10.2. The third-order valence-electron chi connectivity index (χ3n) is 4.15. The van der Waals surface area contributed by atoms with E-state index in [0.717, 1.165) is 27.8 Å². The Hall–Kier alpha value is -3.09. The predicted molar refractivity (Wildman–Crippen MR) is 101 cm³/mol. The largest absolute Gasteiger partial charge is 0.361 e. The minimum absolute atomic E-state index is 0.489. The zero-order chi connectivity index (χ0) is 17.1. The Balaban J connectivity index is 1.84. The average Bonchev–Trinajstić information content (AvgIpc) is 2.98. The Morgan fingerprint density at radius 3 is 2.52 bits per heavy atom. The Morgan fingerprint density at radius 1 is 0.880 bits per heavy atom. The summed E-state index contributed by atoms with van der Waals surface area (Å²) in [6.45, 7) is 3.16. The number of hydrogen-bond donors (Lipinski definition) is 0. The van der Waals surface area contributed by atoms with Gasteiger partial charge in [0.1, 0.15) is 18.1 Å². The second-order valence-corrected chi connectivity index (χ2v) is 5.75. The summed E-state index contributed by atoms with van der Waals surface area (Å²) in [6, 6.07) is 22.4. The van der Waals surface area contributed by atoms with Crippen LogP contribution in [-0.4, -0.2) is 16.2 Å². The van der Waals surface area contributed by atoms with E-state index in [9.17, 15) is 0 Å². The van der Waals surface area contributed by atoms with E-state index < -0.39 is 0 Å². The standard InChI is InChI=1S/C22H18N2O/c1-2-25-16-24-21-11-7-6-10-19(21)20-15-14-18(23-22(20)24)13-12-17-8-4-3-5-9-17/h3-11,14-15H,2,16H2,1H3. The van der Waals surface area contributed by atoms with Gasteiger partial charge in [0.25, 0.3) is 0 Å². The molecule has 0 unspecified atom stereocenters. The van der Waals surface area contributed by atoms with Gasteiger partial charge in [0, 0.05) is 22.9 Å². The van der Waals surface area contributed by atoms with Crippen LogP contribution in [0, 0.1) is 11.8 Å². The summed E-state index contributed by atoms with van der Waals surface area (Å²) < 4.78 is 7.76. The lowest BCUT2D eigenvalue weighted by Gasteiger charge is -2.06. The van der Waals surface area contributed by atoms with Crippen LogP contribution in [-0.2, 0) is 11.5 Å². The zero-order valence-electron chi connectivity index (χ0n) is 14.1. The Morgan fingerprint density at radius 2 is 1.68 bits per heavy atom. The van der Waals surface area contributed by atoms with Crippen molar-refractivity contribution in [2.75, 3.05) is 6.61 Å². The summed E-state index contributed by atoms with van der Waals surface area (Å²) in [5.74, 6) is 6.33. The fraction of sp³-hybridized carbons (Fsp3) is 0.136. The molecule has 0 bridgehead atoms. The van der Waals surface area contributed by atoms with Crippen LogP contribution in [0.5, 0.6) is 0 Å². The maximum atomic E-state index is 5.65. The minimum Gasteiger partial charge on any atom is -0.361 e. The quantitative estimate of drug-likeness (QED) is 0.515. The third-order valence-corrected chi connectivity index (χ3v) is 4.15. The van der Waals surface area contributed by atoms with Gasteiger partial charge in [-0.05, 0) is 43.2 Å². The first-order chi connectivity index (χ1) is 12.4. The number of hydrogen-bond acceptors (Lipinski definition) is 2. The summed E-state index contributed by atoms with van der Waals surface area (Å²) in [4.78, 5) is 4.79. The first-order valence-corrected chi connectivity index (χ1v) is 8.39. The second kappa shape index (κ2) is 6.80. The number of benzene rings is 2. The van der Waals surface area contributed by atoms with E-state index in [0.29, 0.717) is 13.3 Å². The highest BCUT2D eigenvalue weighted by molar-refractivity contribution is 6.06. The molecule has 0 fully saturated rings. The second-order valence-electron chi connectivity index (χ2n) is 5.75. The molecule has 0 N–H and O–H groups in total. The van der Waals surface area contributed by atoms with Crippen molar-refractivity contribution in [2.24, 2.45) is 0 Å². The molecule has 0 aliphatic carbocycles. The molecular weight excluding hydrogens is 308 g/mol. The van der Waals surface area contributed by atoms with Gasteiger partial charge in [0.2, 0.25) is 0 Å². The highest BCUT2D eigenvalue weighted by Gasteiger charge is 2.11. The van der Waals surface area contributed by atoms with Crippen LogP contribution < -0.4 is 0 Å². The molecule has 2 heterocycles. The van der Waals surface area contributed by atoms with E-state index >= 15 is 0 Å². The molecular formula is C22H18N2O. The molecule has 0 saturated heterocycles. The molecule has 0 saturated carbocycles. The zero-order valence-corrected chi connectivity index (χ0v) is 14.1. The number of nitrogens with zero attached hydrogens (tertiary/aromatic N) is 2. The number of rotatable bonds is 3. The summed E-state index contributed by atoms with van der Waals surface area (Å²) in [7, 11) is 0. The van der Waals surface area contributed by atoms with Crippen molar-refractivity contribution in [2.45, 2.75) is 13.7 Å². The maximum Gasteiger partial charge on any atom is 0.144 e. The van der Waals surface area contributed by atoms with Crippen molar-refractivity contribution < 1.29 is 4.74 Å². The molecule has 25 heavy (non-hydrogen) atoms. The van der Waals surface area contributed by atoms with Gasteiger partial charge in [-0.2, -0.15) is 0 Å². The van der Waals surface area contributed by atoms with E-state index in [1.54, 1.807) is 0 Å². The van der Waals surface area contributed by atoms with E-state index in [-0.39, 0.29) is 0 Å². The van der Waals surface area contributed by atoms with E-state index in [2.05, 4.69) is 40.7 Å². The summed E-state index contributed by atoms with van der Waals surface area (Å²) >= 11 is 0. The summed E-state index contributed by atoms with van der Waals surface area (Å²) in [5, 5.41) is 2.31. The van der Waals surface area contributed by atoms with Crippen molar-refractivity contribution in [3.8, 4) is 11.8 Å². The number of para-hydroxylation sites is 1. The number of fused-ring (bicyclic) bond motifs is 3. The molecule has 122 valence electrons. The predicted octanol–water partition coefficient (Wildman–Crippen LogP) is 4.58. The number of aromatic nitrogens is 2. The van der Waals surface area contributed by atoms with Crippen molar-refractivity contribution in [3.05, 3.63) is 78.0 Å². The van der Waals surface area contributed by atoms with E-state index in [4.69, 9.17) is 9.72 Å². The third kappa shape index (κ3) is 3.00. The van der Waals surface area contributed by atoms with Gasteiger partial charge in [-0.15, -0.1) is 0 Å². The SMILES string of the molecule is CCOCn1c2ccccc2c2ccc(C#Cc3ccccc3)nc21. The molecule has 0 amide bonds. The van der Waals surface area contributed by atoms with Gasteiger partial charge in [0.15, 0.2) is 0 Å². The molecule has 4 rings (SSSR count). The molecule has 2 aromatic heterocycles. The Kier molecular flexibility index (Phi) is 4.20. The van der Waals surface area contributed by atoms with E-state index in [1.165, 1.54) is 5.39 Å². The van der Waals surface area contributed by atoms with Crippen LogP contribution in [0.3, 0.4) is 0 Å². The van der Waals surface area contributed by atoms with Crippen molar-refractivity contribution >= 4 is 21.9 Å². The molecule has 0 radical (unpaired) electrons. The van der Waals surface area contributed by atoms with Crippen LogP contribution in [0.25, 0.3) is 21.9 Å². The first-order valence-electron chi connectivity index (χ1n) is 8.39. The highest BCUT2D eigenvalue weighted by Crippen LogP contribution is 2.27. The Labute approximate surface area is 146 Å². The van der Waals surface area contributed by atoms with Crippen LogP contribution in [0.15, 0.2) is 66.7 Å².